The van der Waals surface area contributed by atoms with E-state index in [-0.39, 0.29) is 25.0 Å². The van der Waals surface area contributed by atoms with Gasteiger partial charge in [-0.15, -0.1) is 5.10 Å². The van der Waals surface area contributed by atoms with Gasteiger partial charge in [0.05, 0.1) is 47.0 Å². The Morgan fingerprint density at radius 2 is 1.85 bits per heavy atom. The summed E-state index contributed by atoms with van der Waals surface area (Å²) in [6.07, 6.45) is 6.40. The van der Waals surface area contributed by atoms with Crippen molar-refractivity contribution in [2.45, 2.75) is 42.6 Å². The number of piperidine rings is 1. The van der Waals surface area contributed by atoms with Crippen LogP contribution in [0.25, 0.3) is 5.69 Å². The zero-order valence-corrected chi connectivity index (χ0v) is 31.2. The van der Waals surface area contributed by atoms with Gasteiger partial charge >= 0.3 is 5.97 Å². The molecular formula is C37H41Cl2N9O6. The first-order valence-electron chi connectivity index (χ1n) is 17.8. The Bertz CT molecular complexity index is 1980. The largest absolute Gasteiger partial charge is 0.496 e. The molecule has 3 saturated heterocycles. The van der Waals surface area contributed by atoms with E-state index in [1.54, 1.807) is 41.7 Å². The molecule has 54 heavy (non-hydrogen) atoms. The van der Waals surface area contributed by atoms with E-state index in [9.17, 15) is 19.5 Å². The van der Waals surface area contributed by atoms with Crippen LogP contribution in [-0.2, 0) is 25.2 Å². The Kier molecular flexibility index (Phi) is 11.1. The second-order valence-electron chi connectivity index (χ2n) is 14.0. The Hall–Kier alpha value is -4.67. The van der Waals surface area contributed by atoms with Crippen molar-refractivity contribution in [2.75, 3.05) is 59.5 Å². The summed E-state index contributed by atoms with van der Waals surface area (Å²) in [5, 5.41) is 23.4. The maximum Gasteiger partial charge on any atom is 0.334 e. The molecule has 284 valence electrons. The molecule has 3 aliphatic rings. The number of ether oxygens (including phenoxy) is 2. The summed E-state index contributed by atoms with van der Waals surface area (Å²) >= 11 is 12.9. The van der Waals surface area contributed by atoms with Crippen molar-refractivity contribution in [1.29, 1.82) is 0 Å². The van der Waals surface area contributed by atoms with Crippen LogP contribution in [0, 0.1) is 0 Å². The van der Waals surface area contributed by atoms with Gasteiger partial charge in [-0.25, -0.2) is 14.5 Å². The molecule has 2 atom stereocenters. The summed E-state index contributed by atoms with van der Waals surface area (Å²) in [5.41, 5.74) is 4.61. The molecule has 0 aliphatic carbocycles. The Labute approximate surface area is 322 Å². The molecule has 4 aromatic rings. The number of carboxylic acid groups (broad SMARTS) is 1. The van der Waals surface area contributed by atoms with Gasteiger partial charge in [0.15, 0.2) is 6.10 Å². The number of hydrogen-bond acceptors (Lipinski definition) is 11. The van der Waals surface area contributed by atoms with Gasteiger partial charge in [-0.3, -0.25) is 20.0 Å². The summed E-state index contributed by atoms with van der Waals surface area (Å²) in [5.74, 6) is -0.956. The number of hydrogen-bond donors (Lipinski definition) is 2. The van der Waals surface area contributed by atoms with E-state index >= 15 is 0 Å². The van der Waals surface area contributed by atoms with Crippen molar-refractivity contribution in [1.82, 2.24) is 45.4 Å². The molecule has 2 N–H and O–H groups in total. The lowest BCUT2D eigenvalue weighted by molar-refractivity contribution is -0.160. The summed E-state index contributed by atoms with van der Waals surface area (Å²) in [6.45, 7) is 3.63. The minimum Gasteiger partial charge on any atom is -0.496 e. The predicted molar refractivity (Wildman–Crippen MR) is 198 cm³/mol. The zero-order valence-electron chi connectivity index (χ0n) is 29.7. The summed E-state index contributed by atoms with van der Waals surface area (Å²) in [7, 11) is 1.54. The number of aliphatic carboxylic acids is 1. The number of tetrazole rings is 1. The van der Waals surface area contributed by atoms with Crippen LogP contribution in [0.1, 0.15) is 47.2 Å². The number of methoxy groups -OCH3 is 1. The standard InChI is InChI=1S/C37H41Cl2N9O6/c1-53-31-7-5-27(48-24-41-43-44-48)20-28(31)33(49)46-16-9-36(23-46,25-4-6-29(38)30(39)19-25)8-13-45-14-10-37(11-15-45,26-3-2-12-40-21-26)35(52)42-47-17-18-54-32(22-47)34(50)51/h2-7,12,19-21,24,32H,8-11,13-18,22-23H2,1H3,(H,42,52)(H,50,51). The number of morpholine rings is 1. The third kappa shape index (κ3) is 7.64. The molecule has 15 nitrogen and oxygen atoms in total. The van der Waals surface area contributed by atoms with Gasteiger partial charge < -0.3 is 24.4 Å². The van der Waals surface area contributed by atoms with Crippen molar-refractivity contribution in [2.24, 2.45) is 0 Å². The third-order valence-electron chi connectivity index (χ3n) is 11.1. The van der Waals surface area contributed by atoms with E-state index in [1.165, 1.54) is 18.1 Å². The van der Waals surface area contributed by atoms with Gasteiger partial charge in [-0.1, -0.05) is 35.3 Å². The third-order valence-corrected chi connectivity index (χ3v) is 11.8. The number of aromatic nitrogens is 5. The average Bonchev–Trinajstić information content (AvgIpc) is 3.90. The van der Waals surface area contributed by atoms with Gasteiger partial charge in [0.2, 0.25) is 5.91 Å². The van der Waals surface area contributed by atoms with Gasteiger partial charge in [0.1, 0.15) is 12.1 Å². The highest BCUT2D eigenvalue weighted by Gasteiger charge is 2.46. The van der Waals surface area contributed by atoms with Gasteiger partial charge in [-0.2, -0.15) is 0 Å². The second-order valence-corrected chi connectivity index (χ2v) is 14.8. The number of carboxylic acids is 1. The second kappa shape index (κ2) is 16.0. The summed E-state index contributed by atoms with van der Waals surface area (Å²) in [4.78, 5) is 48.5. The van der Waals surface area contributed by atoms with Crippen molar-refractivity contribution in [3.05, 3.63) is 94.0 Å². The number of carbonyl (C=O) groups is 3. The lowest BCUT2D eigenvalue weighted by Gasteiger charge is -2.43. The monoisotopic (exact) mass is 777 g/mol. The van der Waals surface area contributed by atoms with Gasteiger partial charge in [0, 0.05) is 37.4 Å². The number of halogens is 2. The molecule has 0 spiro atoms. The number of pyridine rings is 1. The van der Waals surface area contributed by atoms with E-state index in [1.807, 2.05) is 29.2 Å². The number of benzene rings is 2. The van der Waals surface area contributed by atoms with Crippen LogP contribution in [0.3, 0.4) is 0 Å². The van der Waals surface area contributed by atoms with Crippen LogP contribution >= 0.6 is 23.2 Å². The lowest BCUT2D eigenvalue weighted by Crippen LogP contribution is -2.59. The molecule has 17 heteroatoms. The molecule has 0 bridgehead atoms. The molecule has 3 fully saturated rings. The van der Waals surface area contributed by atoms with Crippen LogP contribution in [-0.4, -0.2) is 129 Å². The van der Waals surface area contributed by atoms with Crippen LogP contribution in [0.4, 0.5) is 0 Å². The first kappa shape index (κ1) is 37.6. The van der Waals surface area contributed by atoms with Gasteiger partial charge in [-0.05, 0) is 103 Å². The number of amides is 2. The minimum absolute atomic E-state index is 0.0597. The highest BCUT2D eigenvalue weighted by Crippen LogP contribution is 2.42. The summed E-state index contributed by atoms with van der Waals surface area (Å²) < 4.78 is 12.4. The number of likely N-dealkylation sites (tertiary alicyclic amines) is 2. The molecule has 2 aromatic heterocycles. The van der Waals surface area contributed by atoms with Crippen molar-refractivity contribution < 1.29 is 29.0 Å². The molecule has 7 rings (SSSR count). The molecule has 2 aromatic carbocycles. The minimum atomic E-state index is -1.06. The Morgan fingerprint density at radius 3 is 2.56 bits per heavy atom. The normalized spacial score (nSPS) is 21.8. The fraction of sp³-hybridized carbons (Fsp3) is 0.432. The first-order valence-corrected chi connectivity index (χ1v) is 18.6. The number of hydrazine groups is 1. The van der Waals surface area contributed by atoms with E-state index in [0.29, 0.717) is 79.0 Å². The number of rotatable bonds is 11. The van der Waals surface area contributed by atoms with Crippen LogP contribution in [0.2, 0.25) is 10.0 Å². The van der Waals surface area contributed by atoms with Crippen LogP contribution in [0.15, 0.2) is 67.3 Å². The molecule has 2 unspecified atom stereocenters. The molecule has 0 saturated carbocycles. The van der Waals surface area contributed by atoms with E-state index in [0.717, 1.165) is 24.1 Å². The average molecular weight is 779 g/mol. The van der Waals surface area contributed by atoms with Gasteiger partial charge in [0.25, 0.3) is 5.91 Å². The fourth-order valence-electron chi connectivity index (χ4n) is 7.89. The Morgan fingerprint density at radius 1 is 1.02 bits per heavy atom. The first-order chi connectivity index (χ1) is 26.1. The predicted octanol–water partition coefficient (Wildman–Crippen LogP) is 3.40. The van der Waals surface area contributed by atoms with Crippen LogP contribution < -0.4 is 10.2 Å². The van der Waals surface area contributed by atoms with Crippen molar-refractivity contribution in [3.8, 4) is 11.4 Å². The van der Waals surface area contributed by atoms with Crippen molar-refractivity contribution in [3.63, 3.8) is 0 Å². The Balaban J connectivity index is 1.08. The highest BCUT2D eigenvalue weighted by molar-refractivity contribution is 6.42. The fourth-order valence-corrected chi connectivity index (χ4v) is 8.18. The smallest absolute Gasteiger partial charge is 0.334 e. The topological polar surface area (TPSA) is 168 Å². The number of carbonyl (C=O) groups excluding carboxylic acids is 2. The number of nitrogens with zero attached hydrogens (tertiary/aromatic N) is 8. The molecular weight excluding hydrogens is 737 g/mol. The summed E-state index contributed by atoms with van der Waals surface area (Å²) in [6, 6.07) is 14.7. The van der Waals surface area contributed by atoms with Crippen LogP contribution in [0.5, 0.6) is 5.75 Å². The lowest BCUT2D eigenvalue weighted by atomic mass is 9.72. The number of nitrogens with one attached hydrogen (secondary N) is 1. The maximum absolute atomic E-state index is 14.2. The maximum atomic E-state index is 14.2. The molecule has 5 heterocycles. The highest BCUT2D eigenvalue weighted by atomic mass is 35.5. The van der Waals surface area contributed by atoms with E-state index in [2.05, 4.69) is 30.8 Å². The zero-order chi connectivity index (χ0) is 37.9. The molecule has 2 amide bonds. The quantitative estimate of drug-likeness (QED) is 0.228. The molecule has 0 radical (unpaired) electrons. The SMILES string of the molecule is COc1ccc(-n2cnnn2)cc1C(=O)N1CCC(CCN2CCC(C(=O)NN3CCOC(C(=O)O)C3)(c3cccnc3)CC2)(c2ccc(Cl)c(Cl)c2)C1. The molecule has 3 aliphatic heterocycles. The van der Waals surface area contributed by atoms with Crippen molar-refractivity contribution >= 4 is 41.0 Å². The van der Waals surface area contributed by atoms with E-state index in [4.69, 9.17) is 32.7 Å². The van der Waals surface area contributed by atoms with E-state index < -0.39 is 22.9 Å².